The Morgan fingerprint density at radius 3 is 2.81 bits per heavy atom. The first-order valence-electron chi connectivity index (χ1n) is 17.7. The van der Waals surface area contributed by atoms with E-state index in [9.17, 15) is 14.4 Å². The van der Waals surface area contributed by atoms with Crippen molar-refractivity contribution in [2.75, 3.05) is 63.6 Å². The first-order chi connectivity index (χ1) is 25.1. The minimum atomic E-state index is -0.968. The minimum absolute atomic E-state index is 0.0637. The zero-order valence-electron chi connectivity index (χ0n) is 28.8. The molecule has 15 heteroatoms. The lowest BCUT2D eigenvalue weighted by atomic mass is 9.95. The van der Waals surface area contributed by atoms with Crippen LogP contribution in [0.25, 0.3) is 33.1 Å². The summed E-state index contributed by atoms with van der Waals surface area (Å²) in [5.41, 5.74) is 5.12. The van der Waals surface area contributed by atoms with Crippen LogP contribution in [-0.2, 0) is 4.79 Å². The quantitative estimate of drug-likeness (QED) is 0.262. The molecule has 4 fully saturated rings. The van der Waals surface area contributed by atoms with Crippen molar-refractivity contribution in [2.24, 2.45) is 0 Å². The zero-order chi connectivity index (χ0) is 36.1. The van der Waals surface area contributed by atoms with Gasteiger partial charge in [0, 0.05) is 62.8 Å². The molecule has 2 N–H and O–H groups in total. The average molecular weight is 713 g/mol. The van der Waals surface area contributed by atoms with Crippen molar-refractivity contribution in [3.63, 3.8) is 0 Å². The summed E-state index contributed by atoms with van der Waals surface area (Å²) in [6.07, 6.45) is 6.99. The smallest absolute Gasteiger partial charge is 0.319 e. The van der Waals surface area contributed by atoms with Crippen LogP contribution in [0.3, 0.4) is 0 Å². The van der Waals surface area contributed by atoms with Crippen molar-refractivity contribution < 1.29 is 22.7 Å². The molecule has 0 bridgehead atoms. The number of ether oxygens (including phenoxy) is 1. The van der Waals surface area contributed by atoms with Crippen LogP contribution in [0.2, 0.25) is 0 Å². The van der Waals surface area contributed by atoms with Crippen molar-refractivity contribution in [1.29, 1.82) is 5.26 Å². The van der Waals surface area contributed by atoms with Crippen LogP contribution < -0.4 is 15.4 Å². The number of nitriles is 1. The Bertz CT molecular complexity index is 2130. The number of fused-ring (bicyclic) bond motifs is 3. The third-order valence-corrected chi connectivity index (χ3v) is 11.1. The highest BCUT2D eigenvalue weighted by Gasteiger charge is 2.49. The van der Waals surface area contributed by atoms with E-state index >= 15 is 8.78 Å². The van der Waals surface area contributed by atoms with Gasteiger partial charge in [0.15, 0.2) is 5.82 Å². The predicted molar refractivity (Wildman–Crippen MR) is 189 cm³/mol. The standard InChI is InChI=1S/C37H39F3N10O2/c1-47-13-9-24(47)6-7-29(51)50-15-14-48(20-25(50)8-11-41)35-26-18-43-34(33-30-22(16-28(42)44-33)4-2-5-27(30)39)31(40)32(26)45-36(46-35)52-21-37-10-3-12-49(37)19-23(38)17-37/h2,4-7,16,18,23-25H,3,8-10,12-15,17,19-21H2,1H3,(H2,42,44)/b7-6+/t23-,24?,25+,37+/m1/s1. The van der Waals surface area contributed by atoms with Gasteiger partial charge in [-0.25, -0.2) is 18.2 Å². The van der Waals surface area contributed by atoms with Gasteiger partial charge in [0.2, 0.25) is 5.91 Å². The second-order valence-electron chi connectivity index (χ2n) is 14.3. The molecule has 4 aromatic rings. The Labute approximate surface area is 298 Å². The molecule has 7 heterocycles. The number of likely N-dealkylation sites (N-methyl/N-ethyl adjacent to an activating group) is 1. The number of benzene rings is 1. The molecule has 8 rings (SSSR count). The largest absolute Gasteiger partial charge is 0.461 e. The maximum Gasteiger partial charge on any atom is 0.319 e. The lowest BCUT2D eigenvalue weighted by molar-refractivity contribution is -0.128. The van der Waals surface area contributed by atoms with Crippen LogP contribution in [0, 0.1) is 23.0 Å². The monoisotopic (exact) mass is 712 g/mol. The number of hydrogen-bond acceptors (Lipinski definition) is 11. The SMILES string of the molecule is CN1CCC1/C=C/C(=O)N1CCN(c2nc(OC[C@@]34CCCN3C[C@H](F)C4)nc3c(F)c(-c4nc(N)cc5cccc(F)c45)ncc23)C[C@@H]1CC#N. The van der Waals surface area contributed by atoms with E-state index in [1.165, 1.54) is 24.4 Å². The van der Waals surface area contributed by atoms with Crippen LogP contribution in [0.4, 0.5) is 24.8 Å². The molecule has 0 radical (unpaired) electrons. The summed E-state index contributed by atoms with van der Waals surface area (Å²) in [6, 6.07) is 7.79. The number of alkyl halides is 1. The molecular formula is C37H39F3N10O2. The molecule has 1 unspecified atom stereocenters. The van der Waals surface area contributed by atoms with E-state index in [0.29, 0.717) is 37.3 Å². The fraction of sp³-hybridized carbons (Fsp3) is 0.459. The summed E-state index contributed by atoms with van der Waals surface area (Å²) in [7, 11) is 2.01. The van der Waals surface area contributed by atoms with Crippen molar-refractivity contribution in [3.05, 3.63) is 54.2 Å². The van der Waals surface area contributed by atoms with Gasteiger partial charge in [-0.05, 0) is 50.4 Å². The topological polar surface area (TPSA) is 141 Å². The van der Waals surface area contributed by atoms with Gasteiger partial charge in [0.25, 0.3) is 0 Å². The molecule has 0 aliphatic carbocycles. The Morgan fingerprint density at radius 2 is 2.02 bits per heavy atom. The van der Waals surface area contributed by atoms with Gasteiger partial charge in [-0.2, -0.15) is 15.2 Å². The Morgan fingerprint density at radius 1 is 1.15 bits per heavy atom. The van der Waals surface area contributed by atoms with Gasteiger partial charge in [-0.15, -0.1) is 0 Å². The maximum atomic E-state index is 16.9. The number of pyridine rings is 2. The van der Waals surface area contributed by atoms with Crippen LogP contribution in [0.5, 0.6) is 6.01 Å². The number of aromatic nitrogens is 4. The fourth-order valence-electron chi connectivity index (χ4n) is 8.29. The number of piperazine rings is 1. The Balaban J connectivity index is 1.18. The van der Waals surface area contributed by atoms with Crippen molar-refractivity contribution in [1.82, 2.24) is 34.6 Å². The number of anilines is 2. The average Bonchev–Trinajstić information content (AvgIpc) is 3.65. The fourth-order valence-corrected chi connectivity index (χ4v) is 8.29. The molecule has 12 nitrogen and oxygen atoms in total. The van der Waals surface area contributed by atoms with E-state index in [0.717, 1.165) is 32.4 Å². The van der Waals surface area contributed by atoms with Crippen LogP contribution in [0.1, 0.15) is 32.1 Å². The number of nitrogens with two attached hydrogens (primary N) is 1. The number of amides is 1. The minimum Gasteiger partial charge on any atom is -0.461 e. The van der Waals surface area contributed by atoms with Gasteiger partial charge in [0.05, 0.1) is 29.5 Å². The maximum absolute atomic E-state index is 16.9. The molecule has 4 saturated heterocycles. The van der Waals surface area contributed by atoms with E-state index in [2.05, 4.69) is 30.8 Å². The number of nitrogen functional groups attached to an aromatic ring is 1. The number of halogens is 3. The molecule has 0 saturated carbocycles. The first-order valence-corrected chi connectivity index (χ1v) is 17.7. The van der Waals surface area contributed by atoms with Crippen molar-refractivity contribution in [2.45, 2.75) is 55.9 Å². The number of nitrogens with zero attached hydrogens (tertiary/aromatic N) is 9. The van der Waals surface area contributed by atoms with Crippen LogP contribution in [-0.4, -0.2) is 117 Å². The Kier molecular flexibility index (Phi) is 8.83. The van der Waals surface area contributed by atoms with E-state index in [1.807, 2.05) is 18.0 Å². The summed E-state index contributed by atoms with van der Waals surface area (Å²) in [4.78, 5) is 39.2. The lowest BCUT2D eigenvalue weighted by Gasteiger charge is -2.41. The molecule has 4 aliphatic heterocycles. The van der Waals surface area contributed by atoms with E-state index < -0.39 is 29.4 Å². The summed E-state index contributed by atoms with van der Waals surface area (Å²) < 4.78 is 52.9. The summed E-state index contributed by atoms with van der Waals surface area (Å²) in [6.45, 7) is 3.06. The van der Waals surface area contributed by atoms with Gasteiger partial charge in [-0.1, -0.05) is 18.2 Å². The highest BCUT2D eigenvalue weighted by Crippen LogP contribution is 2.41. The van der Waals surface area contributed by atoms with Gasteiger partial charge >= 0.3 is 6.01 Å². The van der Waals surface area contributed by atoms with Crippen molar-refractivity contribution >= 4 is 39.2 Å². The molecule has 1 aromatic carbocycles. The number of hydrogen-bond donors (Lipinski definition) is 1. The molecular weight excluding hydrogens is 673 g/mol. The highest BCUT2D eigenvalue weighted by molar-refractivity contribution is 5.99. The summed E-state index contributed by atoms with van der Waals surface area (Å²) in [5.74, 6) is -1.27. The van der Waals surface area contributed by atoms with E-state index in [4.69, 9.17) is 15.5 Å². The summed E-state index contributed by atoms with van der Waals surface area (Å²) >= 11 is 0. The molecule has 0 spiro atoms. The van der Waals surface area contributed by atoms with Crippen molar-refractivity contribution in [3.8, 4) is 23.5 Å². The van der Waals surface area contributed by atoms with Crippen LogP contribution >= 0.6 is 0 Å². The second kappa shape index (κ2) is 13.5. The molecule has 52 heavy (non-hydrogen) atoms. The molecule has 270 valence electrons. The van der Waals surface area contributed by atoms with E-state index in [-0.39, 0.29) is 71.0 Å². The normalized spacial score (nSPS) is 25.2. The Hall–Kier alpha value is -5.07. The highest BCUT2D eigenvalue weighted by atomic mass is 19.1. The molecule has 4 aliphatic rings. The van der Waals surface area contributed by atoms with Gasteiger partial charge < -0.3 is 20.3 Å². The molecule has 3 aromatic heterocycles. The number of likely N-dealkylation sites (tertiary alicyclic amines) is 1. The third kappa shape index (κ3) is 6.03. The number of rotatable bonds is 8. The molecule has 1 amide bonds. The lowest BCUT2D eigenvalue weighted by Crippen LogP contribution is -2.55. The second-order valence-corrected chi connectivity index (χ2v) is 14.3. The molecule has 4 atom stereocenters. The van der Waals surface area contributed by atoms with E-state index in [1.54, 1.807) is 17.0 Å². The van der Waals surface area contributed by atoms with Gasteiger partial charge in [-0.3, -0.25) is 19.6 Å². The first kappa shape index (κ1) is 34.0. The predicted octanol–water partition coefficient (Wildman–Crippen LogP) is 4.25. The number of carbonyl (C=O) groups is 1. The van der Waals surface area contributed by atoms with Gasteiger partial charge in [0.1, 0.15) is 47.1 Å². The zero-order valence-corrected chi connectivity index (χ0v) is 28.8. The van der Waals surface area contributed by atoms with Crippen LogP contribution in [0.15, 0.2) is 42.6 Å². The summed E-state index contributed by atoms with van der Waals surface area (Å²) in [5, 5.41) is 10.5. The third-order valence-electron chi connectivity index (χ3n) is 11.1. The number of carbonyl (C=O) groups excluding carboxylic acids is 1.